The molecule has 3 rings (SSSR count). The minimum atomic E-state index is -3.73. The zero-order chi connectivity index (χ0) is 23.3. The largest absolute Gasteiger partial charge is 0.495 e. The summed E-state index contributed by atoms with van der Waals surface area (Å²) in [4.78, 5) is 16.9. The van der Waals surface area contributed by atoms with E-state index in [4.69, 9.17) is 4.74 Å². The van der Waals surface area contributed by atoms with Crippen LogP contribution >= 0.6 is 11.8 Å². The zero-order valence-electron chi connectivity index (χ0n) is 18.3. The van der Waals surface area contributed by atoms with E-state index in [2.05, 4.69) is 16.4 Å². The van der Waals surface area contributed by atoms with Crippen molar-refractivity contribution in [1.29, 1.82) is 5.26 Å². The van der Waals surface area contributed by atoms with Gasteiger partial charge in [0, 0.05) is 24.5 Å². The Hall–Kier alpha value is -2.61. The highest BCUT2D eigenvalue weighted by Crippen LogP contribution is 2.31. The summed E-state index contributed by atoms with van der Waals surface area (Å²) < 4.78 is 33.0. The molecule has 1 saturated heterocycles. The third-order valence-electron chi connectivity index (χ3n) is 5.14. The summed E-state index contributed by atoms with van der Waals surface area (Å²) in [5.74, 6) is -0.0578. The Morgan fingerprint density at radius 1 is 1.25 bits per heavy atom. The summed E-state index contributed by atoms with van der Waals surface area (Å²) in [5, 5.41) is 12.6. The van der Waals surface area contributed by atoms with Crippen molar-refractivity contribution in [3.05, 3.63) is 41.1 Å². The van der Waals surface area contributed by atoms with Gasteiger partial charge in [-0.2, -0.15) is 9.57 Å². The molecule has 2 heterocycles. The average Bonchev–Trinajstić information content (AvgIpc) is 2.78. The molecule has 170 valence electrons. The summed E-state index contributed by atoms with van der Waals surface area (Å²) in [7, 11) is -2.31. The van der Waals surface area contributed by atoms with Crippen molar-refractivity contribution in [3.63, 3.8) is 0 Å². The molecule has 0 atom stereocenters. The van der Waals surface area contributed by atoms with E-state index in [1.54, 1.807) is 12.1 Å². The van der Waals surface area contributed by atoms with E-state index in [9.17, 15) is 18.5 Å². The minimum Gasteiger partial charge on any atom is -0.495 e. The van der Waals surface area contributed by atoms with Gasteiger partial charge in [0.15, 0.2) is 0 Å². The van der Waals surface area contributed by atoms with Crippen LogP contribution in [0.2, 0.25) is 0 Å². The molecule has 32 heavy (non-hydrogen) atoms. The lowest BCUT2D eigenvalue weighted by Gasteiger charge is -2.26. The first-order valence-corrected chi connectivity index (χ1v) is 12.7. The third-order valence-corrected chi connectivity index (χ3v) is 8.04. The van der Waals surface area contributed by atoms with Crippen LogP contribution in [-0.4, -0.2) is 49.6 Å². The Balaban J connectivity index is 1.76. The molecule has 1 amide bonds. The second-order valence-electron chi connectivity index (χ2n) is 7.54. The second kappa shape index (κ2) is 10.3. The van der Waals surface area contributed by atoms with Crippen molar-refractivity contribution >= 4 is 33.4 Å². The van der Waals surface area contributed by atoms with Gasteiger partial charge in [-0.3, -0.25) is 4.79 Å². The van der Waals surface area contributed by atoms with Crippen LogP contribution in [0.1, 0.15) is 36.1 Å². The highest BCUT2D eigenvalue weighted by molar-refractivity contribution is 8.00. The molecule has 0 saturated carbocycles. The molecule has 1 aromatic heterocycles. The van der Waals surface area contributed by atoms with Crippen molar-refractivity contribution in [1.82, 2.24) is 9.29 Å². The predicted molar refractivity (Wildman–Crippen MR) is 123 cm³/mol. The fourth-order valence-corrected chi connectivity index (χ4v) is 6.17. The van der Waals surface area contributed by atoms with Crippen LogP contribution in [-0.2, 0) is 14.8 Å². The molecule has 8 nitrogen and oxygen atoms in total. The molecule has 0 spiro atoms. The first-order chi connectivity index (χ1) is 15.3. The van der Waals surface area contributed by atoms with Gasteiger partial charge in [0.2, 0.25) is 15.9 Å². The van der Waals surface area contributed by atoms with Gasteiger partial charge in [-0.25, -0.2) is 13.4 Å². The lowest BCUT2D eigenvalue weighted by Crippen LogP contribution is -2.35. The van der Waals surface area contributed by atoms with Crippen molar-refractivity contribution < 1.29 is 17.9 Å². The average molecular weight is 475 g/mol. The maximum absolute atomic E-state index is 13.1. The van der Waals surface area contributed by atoms with E-state index < -0.39 is 10.0 Å². The molecule has 0 radical (unpaired) electrons. The Morgan fingerprint density at radius 3 is 2.62 bits per heavy atom. The number of methoxy groups -OCH3 is 1. The number of piperidine rings is 1. The number of pyridine rings is 1. The monoisotopic (exact) mass is 474 g/mol. The highest BCUT2D eigenvalue weighted by Gasteiger charge is 2.29. The first kappa shape index (κ1) is 24.0. The fraction of sp³-hybridized carbons (Fsp3) is 0.409. The van der Waals surface area contributed by atoms with Crippen LogP contribution in [0.4, 0.5) is 5.69 Å². The number of rotatable bonds is 7. The number of hydrogen-bond donors (Lipinski definition) is 1. The summed E-state index contributed by atoms with van der Waals surface area (Å²) in [5.41, 5.74) is 2.39. The molecule has 0 unspecified atom stereocenters. The van der Waals surface area contributed by atoms with E-state index in [0.717, 1.165) is 30.5 Å². The molecule has 0 bridgehead atoms. The lowest BCUT2D eigenvalue weighted by molar-refractivity contribution is -0.113. The first-order valence-electron chi connectivity index (χ1n) is 10.3. The van der Waals surface area contributed by atoms with E-state index in [1.807, 2.05) is 19.9 Å². The number of nitrogens with one attached hydrogen (secondary N) is 1. The van der Waals surface area contributed by atoms with Crippen molar-refractivity contribution in [2.24, 2.45) is 0 Å². The number of carbonyl (C=O) groups excluding carboxylic acids is 1. The van der Waals surface area contributed by atoms with Crippen LogP contribution < -0.4 is 10.1 Å². The summed E-state index contributed by atoms with van der Waals surface area (Å²) >= 11 is 1.17. The molecule has 1 fully saturated rings. The van der Waals surface area contributed by atoms with Crippen molar-refractivity contribution in [2.75, 3.05) is 31.3 Å². The second-order valence-corrected chi connectivity index (χ2v) is 10.4. The molecular formula is C22H26N4O4S2. The van der Waals surface area contributed by atoms with Gasteiger partial charge in [-0.05, 0) is 56.5 Å². The van der Waals surface area contributed by atoms with Crippen molar-refractivity contribution in [3.8, 4) is 11.8 Å². The number of aryl methyl sites for hydroxylation is 2. The number of benzene rings is 1. The molecule has 1 aliphatic heterocycles. The molecule has 0 aliphatic carbocycles. The van der Waals surface area contributed by atoms with Gasteiger partial charge < -0.3 is 10.1 Å². The van der Waals surface area contributed by atoms with Gasteiger partial charge >= 0.3 is 0 Å². The Bertz CT molecular complexity index is 1150. The number of aromatic nitrogens is 1. The standard InChI is InChI=1S/C22H26N4O4S2/c1-15-11-16(2)24-22(18(15)13-23)31-14-21(27)25-17-7-8-19(30-3)20(12-17)32(28,29)26-9-5-4-6-10-26/h7-8,11-12H,4-6,9-10,14H2,1-3H3,(H,25,27). The van der Waals surface area contributed by atoms with Gasteiger partial charge in [0.05, 0.1) is 18.4 Å². The molecule has 1 N–H and O–H groups in total. The number of nitrogens with zero attached hydrogens (tertiary/aromatic N) is 3. The van der Waals surface area contributed by atoms with Crippen LogP contribution in [0.15, 0.2) is 34.2 Å². The number of hydrogen-bond acceptors (Lipinski definition) is 7. The minimum absolute atomic E-state index is 0.0326. The lowest BCUT2D eigenvalue weighted by atomic mass is 10.1. The summed E-state index contributed by atoms with van der Waals surface area (Å²) in [6.07, 6.45) is 2.67. The number of sulfonamides is 1. The van der Waals surface area contributed by atoms with Gasteiger partial charge in [0.25, 0.3) is 0 Å². The molecule has 1 aliphatic rings. The quantitative estimate of drug-likeness (QED) is 0.611. The van der Waals surface area contributed by atoms with Crippen molar-refractivity contribution in [2.45, 2.75) is 43.0 Å². The summed E-state index contributed by atoms with van der Waals surface area (Å²) in [6.45, 7) is 4.62. The molecule has 2 aromatic rings. The predicted octanol–water partition coefficient (Wildman–Crippen LogP) is 3.48. The van der Waals surface area contributed by atoms with Crippen LogP contribution in [0, 0.1) is 25.2 Å². The third kappa shape index (κ3) is 5.41. The fourth-order valence-electron chi connectivity index (χ4n) is 3.57. The summed E-state index contributed by atoms with van der Waals surface area (Å²) in [6, 6.07) is 8.53. The van der Waals surface area contributed by atoms with E-state index in [1.165, 1.54) is 29.2 Å². The maximum atomic E-state index is 13.1. The highest BCUT2D eigenvalue weighted by atomic mass is 32.2. The SMILES string of the molecule is COc1ccc(NC(=O)CSc2nc(C)cc(C)c2C#N)cc1S(=O)(=O)N1CCCCC1. The maximum Gasteiger partial charge on any atom is 0.246 e. The van der Waals surface area contributed by atoms with E-state index in [-0.39, 0.29) is 22.3 Å². The van der Waals surface area contributed by atoms with Gasteiger partial charge in [0.1, 0.15) is 21.7 Å². The van der Waals surface area contributed by atoms with Gasteiger partial charge in [-0.15, -0.1) is 0 Å². The zero-order valence-corrected chi connectivity index (χ0v) is 20.0. The Morgan fingerprint density at radius 2 is 1.97 bits per heavy atom. The number of nitriles is 1. The van der Waals surface area contributed by atoms with Crippen LogP contribution in [0.5, 0.6) is 5.75 Å². The number of thioether (sulfide) groups is 1. The normalized spacial score (nSPS) is 14.6. The molecule has 10 heteroatoms. The number of ether oxygens (including phenoxy) is 1. The van der Waals surface area contributed by atoms with E-state index in [0.29, 0.717) is 29.4 Å². The Labute approximate surface area is 193 Å². The van der Waals surface area contributed by atoms with Crippen LogP contribution in [0.3, 0.4) is 0 Å². The smallest absolute Gasteiger partial charge is 0.246 e. The molecule has 1 aromatic carbocycles. The number of carbonyl (C=O) groups is 1. The number of anilines is 1. The number of amides is 1. The Kier molecular flexibility index (Phi) is 7.77. The van der Waals surface area contributed by atoms with Crippen LogP contribution in [0.25, 0.3) is 0 Å². The van der Waals surface area contributed by atoms with E-state index >= 15 is 0 Å². The molecular weight excluding hydrogens is 448 g/mol. The topological polar surface area (TPSA) is 112 Å². The van der Waals surface area contributed by atoms with Gasteiger partial charge in [-0.1, -0.05) is 18.2 Å².